The fourth-order valence-electron chi connectivity index (χ4n) is 3.65. The Balaban J connectivity index is 1.75. The second-order valence-corrected chi connectivity index (χ2v) is 8.92. The van der Waals surface area contributed by atoms with Crippen molar-refractivity contribution in [3.63, 3.8) is 0 Å². The van der Waals surface area contributed by atoms with Gasteiger partial charge in [0.05, 0.1) is 23.1 Å². The summed E-state index contributed by atoms with van der Waals surface area (Å²) in [6, 6.07) is 9.43. The molecule has 0 bridgehead atoms. The Morgan fingerprint density at radius 3 is 2.50 bits per heavy atom. The maximum atomic E-state index is 14.7. The number of hydrogen-bond donors (Lipinski definition) is 1. The van der Waals surface area contributed by atoms with Crippen LogP contribution in [0.25, 0.3) is 16.9 Å². The van der Waals surface area contributed by atoms with E-state index >= 15 is 0 Å². The van der Waals surface area contributed by atoms with Gasteiger partial charge in [0, 0.05) is 5.56 Å². The van der Waals surface area contributed by atoms with Crippen LogP contribution in [0.1, 0.15) is 42.3 Å². The molecule has 0 aliphatic heterocycles. The summed E-state index contributed by atoms with van der Waals surface area (Å²) >= 11 is 0. The van der Waals surface area contributed by atoms with Gasteiger partial charge in [-0.25, -0.2) is 19.3 Å². The van der Waals surface area contributed by atoms with Gasteiger partial charge in [0.2, 0.25) is 11.8 Å². The Hall–Kier alpha value is -4.05. The highest BCUT2D eigenvalue weighted by Gasteiger charge is 2.23. The van der Waals surface area contributed by atoms with Crippen LogP contribution < -0.4 is 10.3 Å². The van der Waals surface area contributed by atoms with Crippen LogP contribution in [0.5, 0.6) is 5.88 Å². The van der Waals surface area contributed by atoms with Crippen molar-refractivity contribution in [3.05, 3.63) is 93.2 Å². The van der Waals surface area contributed by atoms with Crippen molar-refractivity contribution in [2.75, 3.05) is 0 Å². The summed E-state index contributed by atoms with van der Waals surface area (Å²) in [5.41, 5.74) is 0.528. The quantitative estimate of drug-likeness (QED) is 0.404. The lowest BCUT2D eigenvalue weighted by Crippen LogP contribution is -2.26. The van der Waals surface area contributed by atoms with Gasteiger partial charge in [-0.1, -0.05) is 18.2 Å². The number of nitrogens with zero attached hydrogens (tertiary/aromatic N) is 5. The lowest BCUT2D eigenvalue weighted by atomic mass is 10.0. The summed E-state index contributed by atoms with van der Waals surface area (Å²) in [5.74, 6) is -0.761. The van der Waals surface area contributed by atoms with E-state index in [9.17, 15) is 18.7 Å². The third-order valence-corrected chi connectivity index (χ3v) is 5.58. The molecule has 0 aliphatic carbocycles. The maximum absolute atomic E-state index is 14.7. The molecule has 4 aromatic rings. The van der Waals surface area contributed by atoms with Crippen LogP contribution >= 0.6 is 0 Å². The van der Waals surface area contributed by atoms with Crippen molar-refractivity contribution in [3.8, 4) is 22.8 Å². The zero-order chi connectivity index (χ0) is 26.2. The van der Waals surface area contributed by atoms with Gasteiger partial charge in [-0.2, -0.15) is 9.37 Å². The average Bonchev–Trinajstić information content (AvgIpc) is 2.81. The van der Waals surface area contributed by atoms with Gasteiger partial charge in [0.15, 0.2) is 11.6 Å². The summed E-state index contributed by atoms with van der Waals surface area (Å²) in [7, 11) is 0. The number of halogens is 2. The topological polar surface area (TPSA) is 103 Å². The van der Waals surface area contributed by atoms with Crippen LogP contribution in [0.4, 0.5) is 8.78 Å². The third-order valence-electron chi connectivity index (χ3n) is 5.58. The van der Waals surface area contributed by atoms with Crippen molar-refractivity contribution in [2.45, 2.75) is 46.8 Å². The monoisotopic (exact) mass is 493 g/mol. The van der Waals surface area contributed by atoms with Crippen LogP contribution in [-0.2, 0) is 12.2 Å². The molecular formula is C26H25F2N5O3. The number of ether oxygens (including phenoxy) is 1. The van der Waals surface area contributed by atoms with E-state index in [-0.39, 0.29) is 35.1 Å². The highest BCUT2D eigenvalue weighted by Crippen LogP contribution is 2.27. The van der Waals surface area contributed by atoms with Crippen molar-refractivity contribution < 1.29 is 18.6 Å². The molecule has 3 aromatic heterocycles. The Bertz CT molecular complexity index is 1510. The van der Waals surface area contributed by atoms with Gasteiger partial charge >= 0.3 is 0 Å². The largest absolute Gasteiger partial charge is 0.471 e. The fraction of sp³-hybridized carbons (Fsp3) is 0.269. The number of aliphatic hydroxyl groups is 1. The number of aromatic nitrogens is 5. The molecule has 186 valence electrons. The molecule has 0 amide bonds. The number of aryl methyl sites for hydroxylation is 2. The predicted octanol–water partition coefficient (Wildman–Crippen LogP) is 4.09. The first-order valence-electron chi connectivity index (χ1n) is 11.2. The van der Waals surface area contributed by atoms with Crippen molar-refractivity contribution >= 4 is 0 Å². The fourth-order valence-corrected chi connectivity index (χ4v) is 3.65. The Kier molecular flexibility index (Phi) is 6.64. The number of pyridine rings is 1. The molecule has 1 aromatic carbocycles. The Morgan fingerprint density at radius 2 is 1.81 bits per heavy atom. The molecule has 0 saturated heterocycles. The van der Waals surface area contributed by atoms with Crippen LogP contribution in [0.3, 0.4) is 0 Å². The first-order valence-corrected chi connectivity index (χ1v) is 11.2. The molecule has 1 N–H and O–H groups in total. The molecule has 0 fully saturated rings. The summed E-state index contributed by atoms with van der Waals surface area (Å²) in [5, 5.41) is 10.3. The van der Waals surface area contributed by atoms with Crippen LogP contribution in [-0.4, -0.2) is 29.6 Å². The van der Waals surface area contributed by atoms with Crippen LogP contribution in [0.15, 0.2) is 47.4 Å². The first-order chi connectivity index (χ1) is 17.0. The zero-order valence-corrected chi connectivity index (χ0v) is 20.5. The molecule has 0 unspecified atom stereocenters. The zero-order valence-electron chi connectivity index (χ0n) is 20.5. The molecule has 0 spiro atoms. The van der Waals surface area contributed by atoms with Crippen LogP contribution in [0, 0.1) is 32.5 Å². The minimum absolute atomic E-state index is 0.00121. The minimum Gasteiger partial charge on any atom is -0.471 e. The normalized spacial score (nSPS) is 11.6. The smallest absolute Gasteiger partial charge is 0.264 e. The molecular weight excluding hydrogens is 468 g/mol. The summed E-state index contributed by atoms with van der Waals surface area (Å²) in [4.78, 5) is 29.7. The number of benzene rings is 1. The number of rotatable bonds is 6. The lowest BCUT2D eigenvalue weighted by Gasteiger charge is -2.18. The second-order valence-electron chi connectivity index (χ2n) is 8.92. The molecule has 0 atom stereocenters. The SMILES string of the molecule is Cc1ccc(-c2nc(C(C)(C)O)ncc2F)cc1-n1c(C)nc(OCc2cccc(F)n2)c(C)c1=O. The Labute approximate surface area is 206 Å². The van der Waals surface area contributed by atoms with Gasteiger partial charge in [-0.3, -0.25) is 9.36 Å². The van der Waals surface area contributed by atoms with E-state index in [2.05, 4.69) is 19.9 Å². The van der Waals surface area contributed by atoms with Crippen LogP contribution in [0.2, 0.25) is 0 Å². The minimum atomic E-state index is -1.36. The van der Waals surface area contributed by atoms with E-state index in [1.807, 2.05) is 6.92 Å². The van der Waals surface area contributed by atoms with E-state index in [0.717, 1.165) is 11.8 Å². The molecule has 0 saturated carbocycles. The summed E-state index contributed by atoms with van der Waals surface area (Å²) < 4.78 is 35.1. The molecule has 4 rings (SSSR count). The van der Waals surface area contributed by atoms with E-state index < -0.39 is 17.4 Å². The third kappa shape index (κ3) is 4.99. The predicted molar refractivity (Wildman–Crippen MR) is 129 cm³/mol. The molecule has 8 nitrogen and oxygen atoms in total. The van der Waals surface area contributed by atoms with Gasteiger partial charge in [-0.05, 0) is 58.4 Å². The van der Waals surface area contributed by atoms with E-state index in [1.54, 1.807) is 38.1 Å². The van der Waals surface area contributed by atoms with Gasteiger partial charge in [0.1, 0.15) is 23.7 Å². The van der Waals surface area contributed by atoms with Gasteiger partial charge in [-0.15, -0.1) is 0 Å². The van der Waals surface area contributed by atoms with Gasteiger partial charge in [0.25, 0.3) is 5.56 Å². The molecule has 3 heterocycles. The standard InChI is InChI=1S/C26H25F2N5O3/c1-14-9-10-17(22-19(27)12-29-25(32-22)26(4,5)35)11-20(14)33-16(3)30-23(15(2)24(33)34)36-13-18-7-6-8-21(28)31-18/h6-12,35H,13H2,1-5H3. The van der Waals surface area contributed by atoms with E-state index in [0.29, 0.717) is 22.8 Å². The second kappa shape index (κ2) is 9.54. The summed E-state index contributed by atoms with van der Waals surface area (Å²) in [6.07, 6.45) is 1.01. The van der Waals surface area contributed by atoms with Crippen molar-refractivity contribution in [2.24, 2.45) is 0 Å². The van der Waals surface area contributed by atoms with Gasteiger partial charge < -0.3 is 9.84 Å². The summed E-state index contributed by atoms with van der Waals surface area (Å²) in [6.45, 7) is 8.01. The maximum Gasteiger partial charge on any atom is 0.264 e. The van der Waals surface area contributed by atoms with E-state index in [1.165, 1.54) is 30.5 Å². The molecule has 0 radical (unpaired) electrons. The highest BCUT2D eigenvalue weighted by atomic mass is 19.1. The first kappa shape index (κ1) is 25.1. The molecule has 0 aliphatic rings. The van der Waals surface area contributed by atoms with Crippen molar-refractivity contribution in [1.29, 1.82) is 0 Å². The molecule has 36 heavy (non-hydrogen) atoms. The highest BCUT2D eigenvalue weighted by molar-refractivity contribution is 5.64. The average molecular weight is 494 g/mol. The lowest BCUT2D eigenvalue weighted by molar-refractivity contribution is 0.0686. The number of hydrogen-bond acceptors (Lipinski definition) is 7. The molecule has 10 heteroatoms. The van der Waals surface area contributed by atoms with Crippen molar-refractivity contribution in [1.82, 2.24) is 24.5 Å². The van der Waals surface area contributed by atoms with E-state index in [4.69, 9.17) is 4.74 Å². The Morgan fingerprint density at radius 1 is 1.06 bits per heavy atom.